The quantitative estimate of drug-likeness (QED) is 0.356. The van der Waals surface area contributed by atoms with Gasteiger partial charge in [0.2, 0.25) is 0 Å². The van der Waals surface area contributed by atoms with Gasteiger partial charge in [0.25, 0.3) is 0 Å². The van der Waals surface area contributed by atoms with E-state index < -0.39 is 17.9 Å². The maximum atomic E-state index is 11.3. The van der Waals surface area contributed by atoms with Crippen LogP contribution in [-0.4, -0.2) is 44.9 Å². The van der Waals surface area contributed by atoms with E-state index in [9.17, 15) is 24.6 Å². The van der Waals surface area contributed by atoms with Gasteiger partial charge in [0.1, 0.15) is 0 Å². The lowest BCUT2D eigenvalue weighted by Gasteiger charge is -2.08. The smallest absolute Gasteiger partial charge is 0.332 e. The Morgan fingerprint density at radius 1 is 0.826 bits per heavy atom. The third kappa shape index (κ3) is 6.92. The van der Waals surface area contributed by atoms with Crippen molar-refractivity contribution in [1.82, 2.24) is 0 Å². The van der Waals surface area contributed by atoms with Gasteiger partial charge in [-0.25, -0.2) is 14.4 Å². The van der Waals surface area contributed by atoms with Gasteiger partial charge in [0.15, 0.2) is 0 Å². The summed E-state index contributed by atoms with van der Waals surface area (Å²) >= 11 is 0. The summed E-state index contributed by atoms with van der Waals surface area (Å²) in [5.74, 6) is -3.66. The fourth-order valence-corrected chi connectivity index (χ4v) is 1.90. The van der Waals surface area contributed by atoms with Gasteiger partial charge in [-0.2, -0.15) is 0 Å². The van der Waals surface area contributed by atoms with Gasteiger partial charge < -0.3 is 20.4 Å². The van der Waals surface area contributed by atoms with Crippen molar-refractivity contribution in [1.29, 1.82) is 0 Å². The average molecular weight is 326 g/mol. The molecule has 4 N–H and O–H groups in total. The Kier molecular flexibility index (Phi) is 9.26. The standard InChI is InChI=1S/C16H22O7/c1-3-10(14(18)19)8-12(13(4-2)16(22)23)9-11(15(20)21)6-5-7-17/h8-9,17H,3-7H2,1-2H3,(H,18,19)(H,20,21)(H,22,23). The van der Waals surface area contributed by atoms with Crippen molar-refractivity contribution in [3.05, 3.63) is 34.4 Å². The molecule has 0 amide bonds. The summed E-state index contributed by atoms with van der Waals surface area (Å²) in [7, 11) is 0. The monoisotopic (exact) mass is 326 g/mol. The van der Waals surface area contributed by atoms with E-state index in [0.717, 1.165) is 0 Å². The number of hydrogen-bond acceptors (Lipinski definition) is 4. The Labute approximate surface area is 134 Å². The average Bonchev–Trinajstić information content (AvgIpc) is 2.47. The van der Waals surface area contributed by atoms with Crippen LogP contribution in [0.2, 0.25) is 0 Å². The van der Waals surface area contributed by atoms with Crippen LogP contribution in [0.1, 0.15) is 39.5 Å². The fraction of sp³-hybridized carbons (Fsp3) is 0.438. The molecule has 0 heterocycles. The molecule has 0 aliphatic rings. The van der Waals surface area contributed by atoms with Crippen molar-refractivity contribution in [3.8, 4) is 0 Å². The van der Waals surface area contributed by atoms with Crippen molar-refractivity contribution in [2.75, 3.05) is 6.61 Å². The third-order valence-corrected chi connectivity index (χ3v) is 3.15. The molecular formula is C16H22O7. The van der Waals surface area contributed by atoms with Crippen LogP contribution in [0, 0.1) is 0 Å². The minimum atomic E-state index is -1.24. The molecule has 0 unspecified atom stereocenters. The Hall–Kier alpha value is -2.41. The van der Waals surface area contributed by atoms with Crippen LogP contribution in [0.25, 0.3) is 0 Å². The second kappa shape index (κ2) is 10.3. The summed E-state index contributed by atoms with van der Waals surface area (Å²) in [6, 6.07) is 0. The first-order valence-electron chi connectivity index (χ1n) is 7.23. The number of carbonyl (C=O) groups is 3. The number of carboxylic acids is 3. The van der Waals surface area contributed by atoms with Crippen molar-refractivity contribution in [2.24, 2.45) is 0 Å². The summed E-state index contributed by atoms with van der Waals surface area (Å²) < 4.78 is 0. The van der Waals surface area contributed by atoms with Crippen molar-refractivity contribution in [2.45, 2.75) is 39.5 Å². The number of allylic oxidation sites excluding steroid dienone is 3. The molecule has 23 heavy (non-hydrogen) atoms. The highest BCUT2D eigenvalue weighted by Gasteiger charge is 2.15. The summed E-state index contributed by atoms with van der Waals surface area (Å²) in [5, 5.41) is 36.3. The van der Waals surface area contributed by atoms with Crippen LogP contribution in [0.4, 0.5) is 0 Å². The number of rotatable bonds is 10. The molecular weight excluding hydrogens is 304 g/mol. The topological polar surface area (TPSA) is 132 Å². The maximum Gasteiger partial charge on any atom is 0.332 e. The molecule has 0 radical (unpaired) electrons. The number of aliphatic hydroxyl groups is 1. The Morgan fingerprint density at radius 2 is 1.35 bits per heavy atom. The number of hydrogen-bond donors (Lipinski definition) is 4. The van der Waals surface area contributed by atoms with Crippen LogP contribution in [0.15, 0.2) is 34.4 Å². The van der Waals surface area contributed by atoms with Crippen LogP contribution in [0.3, 0.4) is 0 Å². The second-order valence-electron chi connectivity index (χ2n) is 4.72. The van der Waals surface area contributed by atoms with Crippen LogP contribution in [0.5, 0.6) is 0 Å². The lowest BCUT2D eigenvalue weighted by atomic mass is 9.98. The van der Waals surface area contributed by atoms with Gasteiger partial charge in [-0.3, -0.25) is 0 Å². The predicted octanol–water partition coefficient (Wildman–Crippen LogP) is 1.98. The van der Waals surface area contributed by atoms with Crippen molar-refractivity contribution < 1.29 is 34.8 Å². The van der Waals surface area contributed by atoms with E-state index in [1.165, 1.54) is 12.2 Å². The van der Waals surface area contributed by atoms with E-state index in [1.807, 2.05) is 0 Å². The van der Waals surface area contributed by atoms with Gasteiger partial charge in [-0.15, -0.1) is 0 Å². The molecule has 0 spiro atoms. The minimum absolute atomic E-state index is 0.0182. The van der Waals surface area contributed by atoms with Gasteiger partial charge in [0, 0.05) is 23.3 Å². The Balaban J connectivity index is 6.20. The van der Waals surface area contributed by atoms with E-state index in [1.54, 1.807) is 13.8 Å². The Morgan fingerprint density at radius 3 is 1.70 bits per heavy atom. The molecule has 0 fully saturated rings. The molecule has 128 valence electrons. The van der Waals surface area contributed by atoms with Crippen molar-refractivity contribution >= 4 is 17.9 Å². The fourth-order valence-electron chi connectivity index (χ4n) is 1.90. The molecule has 0 aromatic carbocycles. The van der Waals surface area contributed by atoms with Gasteiger partial charge in [-0.05, 0) is 43.4 Å². The largest absolute Gasteiger partial charge is 0.478 e. The molecule has 7 heteroatoms. The van der Waals surface area contributed by atoms with Gasteiger partial charge in [-0.1, -0.05) is 13.8 Å². The normalized spacial score (nSPS) is 13.5. The zero-order chi connectivity index (χ0) is 18.0. The molecule has 0 aromatic rings. The van der Waals surface area contributed by atoms with Crippen molar-refractivity contribution in [3.63, 3.8) is 0 Å². The first kappa shape index (κ1) is 20.6. The molecule has 0 bridgehead atoms. The predicted molar refractivity (Wildman–Crippen MR) is 83.0 cm³/mol. The summed E-state index contributed by atoms with van der Waals surface area (Å²) in [6.07, 6.45) is 2.90. The van der Waals surface area contributed by atoms with E-state index in [-0.39, 0.29) is 54.6 Å². The number of aliphatic hydroxyl groups excluding tert-OH is 1. The number of carboxylic acid groups (broad SMARTS) is 3. The van der Waals surface area contributed by atoms with Gasteiger partial charge >= 0.3 is 17.9 Å². The first-order chi connectivity index (χ1) is 10.8. The van der Waals surface area contributed by atoms with E-state index >= 15 is 0 Å². The Bertz CT molecular complexity index is 553. The zero-order valence-corrected chi connectivity index (χ0v) is 13.2. The maximum absolute atomic E-state index is 11.3. The summed E-state index contributed by atoms with van der Waals surface area (Å²) in [4.78, 5) is 33.7. The zero-order valence-electron chi connectivity index (χ0n) is 13.2. The van der Waals surface area contributed by atoms with Crippen LogP contribution >= 0.6 is 0 Å². The van der Waals surface area contributed by atoms with E-state index in [4.69, 9.17) is 10.2 Å². The summed E-state index contributed by atoms with van der Waals surface area (Å²) in [6.45, 7) is 3.00. The molecule has 0 rings (SSSR count). The highest BCUT2D eigenvalue weighted by molar-refractivity contribution is 5.93. The first-order valence-corrected chi connectivity index (χ1v) is 7.23. The number of aliphatic carboxylic acids is 3. The molecule has 0 aliphatic carbocycles. The summed E-state index contributed by atoms with van der Waals surface area (Å²) in [5.41, 5.74) is -0.122. The molecule has 0 aliphatic heterocycles. The minimum Gasteiger partial charge on any atom is -0.478 e. The molecule has 0 atom stereocenters. The highest BCUT2D eigenvalue weighted by atomic mass is 16.4. The molecule has 0 saturated heterocycles. The third-order valence-electron chi connectivity index (χ3n) is 3.15. The van der Waals surface area contributed by atoms with E-state index in [2.05, 4.69) is 0 Å². The highest BCUT2D eigenvalue weighted by Crippen LogP contribution is 2.19. The molecule has 0 saturated carbocycles. The van der Waals surface area contributed by atoms with Crippen LogP contribution in [-0.2, 0) is 14.4 Å². The van der Waals surface area contributed by atoms with E-state index in [0.29, 0.717) is 0 Å². The van der Waals surface area contributed by atoms with Crippen LogP contribution < -0.4 is 0 Å². The molecule has 7 nitrogen and oxygen atoms in total. The SMILES string of the molecule is CCC(=CC(C=C(CCCO)C(=O)O)=C(CC)C(=O)O)C(=O)O. The lowest BCUT2D eigenvalue weighted by molar-refractivity contribution is -0.134. The second-order valence-corrected chi connectivity index (χ2v) is 4.72. The van der Waals surface area contributed by atoms with Gasteiger partial charge in [0.05, 0.1) is 0 Å². The molecule has 0 aromatic heterocycles. The lowest BCUT2D eigenvalue weighted by Crippen LogP contribution is -2.07.